The largest absolute Gasteiger partial charge is 0.369 e. The number of amides is 2. The van der Waals surface area contributed by atoms with Crippen LogP contribution in [0, 0.1) is 5.92 Å². The molecule has 0 unspecified atom stereocenters. The number of aromatic nitrogens is 2. The lowest BCUT2D eigenvalue weighted by atomic mass is 9.97. The lowest BCUT2D eigenvalue weighted by molar-refractivity contribution is -0.132. The third kappa shape index (κ3) is 4.71. The number of benzene rings is 2. The van der Waals surface area contributed by atoms with Gasteiger partial charge in [-0.05, 0) is 37.1 Å². The number of hydrogen-bond acceptors (Lipinski definition) is 6. The molecule has 8 heteroatoms. The van der Waals surface area contributed by atoms with E-state index in [4.69, 9.17) is 5.73 Å². The SMILES string of the molecule is NC(=O)[C@H]1CCCN(C(=O)CSc2nc(Nc3ccccc3)c3ccccc3n2)C1. The summed E-state index contributed by atoms with van der Waals surface area (Å²) in [5, 5.41) is 4.79. The van der Waals surface area contributed by atoms with Gasteiger partial charge < -0.3 is 16.0 Å². The van der Waals surface area contributed by atoms with Gasteiger partial charge in [-0.3, -0.25) is 9.59 Å². The van der Waals surface area contributed by atoms with Crippen molar-refractivity contribution in [1.29, 1.82) is 0 Å². The van der Waals surface area contributed by atoms with E-state index in [9.17, 15) is 9.59 Å². The lowest BCUT2D eigenvalue weighted by Crippen LogP contribution is -2.44. The smallest absolute Gasteiger partial charge is 0.233 e. The molecule has 0 aliphatic carbocycles. The first-order valence-corrected chi connectivity index (χ1v) is 10.9. The average Bonchev–Trinajstić information content (AvgIpc) is 2.78. The fraction of sp³-hybridized carbons (Fsp3) is 0.273. The second-order valence-corrected chi connectivity index (χ2v) is 8.18. The van der Waals surface area contributed by atoms with E-state index < -0.39 is 0 Å². The number of carbonyl (C=O) groups is 2. The molecular weight excluding hydrogens is 398 g/mol. The number of fused-ring (bicyclic) bond motifs is 1. The van der Waals surface area contributed by atoms with Crippen LogP contribution in [0.4, 0.5) is 11.5 Å². The monoisotopic (exact) mass is 421 g/mol. The van der Waals surface area contributed by atoms with Gasteiger partial charge in [0.25, 0.3) is 0 Å². The Bertz CT molecular complexity index is 1060. The van der Waals surface area contributed by atoms with Crippen LogP contribution in [0.2, 0.25) is 0 Å². The minimum atomic E-state index is -0.338. The predicted octanol–water partition coefficient (Wildman–Crippen LogP) is 3.19. The average molecular weight is 422 g/mol. The van der Waals surface area contributed by atoms with Crippen molar-refractivity contribution >= 4 is 46.0 Å². The van der Waals surface area contributed by atoms with Crippen molar-refractivity contribution < 1.29 is 9.59 Å². The first-order valence-electron chi connectivity index (χ1n) is 9.89. The van der Waals surface area contributed by atoms with Crippen molar-refractivity contribution in [3.63, 3.8) is 0 Å². The Kier molecular flexibility index (Phi) is 6.13. The first kappa shape index (κ1) is 20.2. The molecule has 1 aliphatic rings. The zero-order chi connectivity index (χ0) is 20.9. The van der Waals surface area contributed by atoms with Gasteiger partial charge in [0, 0.05) is 24.2 Å². The van der Waals surface area contributed by atoms with Gasteiger partial charge in [0.15, 0.2) is 5.16 Å². The molecule has 0 spiro atoms. The van der Waals surface area contributed by atoms with Gasteiger partial charge in [-0.2, -0.15) is 0 Å². The number of likely N-dealkylation sites (tertiary alicyclic amines) is 1. The molecule has 2 aromatic carbocycles. The maximum absolute atomic E-state index is 12.7. The lowest BCUT2D eigenvalue weighted by Gasteiger charge is -2.31. The predicted molar refractivity (Wildman–Crippen MR) is 118 cm³/mol. The van der Waals surface area contributed by atoms with E-state index in [2.05, 4.69) is 15.3 Å². The van der Waals surface area contributed by atoms with E-state index in [0.29, 0.717) is 24.1 Å². The van der Waals surface area contributed by atoms with Crippen LogP contribution in [0.1, 0.15) is 12.8 Å². The van der Waals surface area contributed by atoms with E-state index in [0.717, 1.165) is 29.4 Å². The number of hydrogen-bond donors (Lipinski definition) is 2. The van der Waals surface area contributed by atoms with E-state index in [1.54, 1.807) is 4.90 Å². The summed E-state index contributed by atoms with van der Waals surface area (Å²) < 4.78 is 0. The van der Waals surface area contributed by atoms with Gasteiger partial charge >= 0.3 is 0 Å². The molecule has 0 radical (unpaired) electrons. The minimum Gasteiger partial charge on any atom is -0.369 e. The van der Waals surface area contributed by atoms with Gasteiger partial charge in [-0.15, -0.1) is 0 Å². The summed E-state index contributed by atoms with van der Waals surface area (Å²) in [6.45, 7) is 1.05. The molecule has 3 N–H and O–H groups in total. The van der Waals surface area contributed by atoms with E-state index in [1.165, 1.54) is 11.8 Å². The van der Waals surface area contributed by atoms with Crippen LogP contribution < -0.4 is 11.1 Å². The van der Waals surface area contributed by atoms with Crippen LogP contribution >= 0.6 is 11.8 Å². The van der Waals surface area contributed by atoms with Gasteiger partial charge in [0.2, 0.25) is 11.8 Å². The zero-order valence-corrected chi connectivity index (χ0v) is 17.3. The number of primary amides is 1. The number of anilines is 2. The second kappa shape index (κ2) is 9.13. The molecule has 1 saturated heterocycles. The topological polar surface area (TPSA) is 101 Å². The summed E-state index contributed by atoms with van der Waals surface area (Å²) in [5.74, 6) is 0.295. The number of para-hydroxylation sites is 2. The molecule has 2 amide bonds. The first-order chi connectivity index (χ1) is 14.6. The van der Waals surface area contributed by atoms with E-state index in [1.807, 2.05) is 54.6 Å². The van der Waals surface area contributed by atoms with Crippen molar-refractivity contribution in [2.24, 2.45) is 11.7 Å². The van der Waals surface area contributed by atoms with Crippen molar-refractivity contribution in [2.45, 2.75) is 18.0 Å². The maximum Gasteiger partial charge on any atom is 0.233 e. The van der Waals surface area contributed by atoms with Crippen LogP contribution in [-0.2, 0) is 9.59 Å². The molecule has 1 fully saturated rings. The molecule has 4 rings (SSSR count). The third-order valence-corrected chi connectivity index (χ3v) is 5.95. The van der Waals surface area contributed by atoms with E-state index in [-0.39, 0.29) is 23.5 Å². The Labute approximate surface area is 179 Å². The van der Waals surface area contributed by atoms with Gasteiger partial charge in [0.1, 0.15) is 5.82 Å². The Morgan fingerprint density at radius 2 is 1.87 bits per heavy atom. The van der Waals surface area contributed by atoms with Gasteiger partial charge in [-0.1, -0.05) is 42.1 Å². The fourth-order valence-electron chi connectivity index (χ4n) is 3.53. The van der Waals surface area contributed by atoms with Crippen molar-refractivity contribution in [1.82, 2.24) is 14.9 Å². The number of rotatable bonds is 6. The number of carbonyl (C=O) groups excluding carboxylic acids is 2. The molecular formula is C22H23N5O2S. The zero-order valence-electron chi connectivity index (χ0n) is 16.5. The quantitative estimate of drug-likeness (QED) is 0.468. The molecule has 0 bridgehead atoms. The molecule has 1 atom stereocenters. The number of thioether (sulfide) groups is 1. The highest BCUT2D eigenvalue weighted by molar-refractivity contribution is 7.99. The Morgan fingerprint density at radius 1 is 1.10 bits per heavy atom. The van der Waals surface area contributed by atoms with Crippen LogP contribution in [-0.4, -0.2) is 45.5 Å². The standard InChI is InChI=1S/C22H23N5O2S/c23-20(29)15-7-6-12-27(13-15)19(28)14-30-22-25-18-11-5-4-10-17(18)21(26-22)24-16-8-2-1-3-9-16/h1-5,8-11,15H,6-7,12-14H2,(H2,23,29)(H,24,25,26)/t15-/m0/s1. The molecule has 3 aromatic rings. The summed E-state index contributed by atoms with van der Waals surface area (Å²) in [7, 11) is 0. The van der Waals surface area contributed by atoms with Gasteiger partial charge in [-0.25, -0.2) is 9.97 Å². The summed E-state index contributed by atoms with van der Waals surface area (Å²) >= 11 is 1.30. The molecule has 154 valence electrons. The molecule has 2 heterocycles. The highest BCUT2D eigenvalue weighted by atomic mass is 32.2. The summed E-state index contributed by atoms with van der Waals surface area (Å²) in [4.78, 5) is 35.1. The molecule has 7 nitrogen and oxygen atoms in total. The van der Waals surface area contributed by atoms with Crippen LogP contribution in [0.3, 0.4) is 0 Å². The summed E-state index contributed by atoms with van der Waals surface area (Å²) in [5.41, 5.74) is 7.16. The Balaban J connectivity index is 1.50. The summed E-state index contributed by atoms with van der Waals surface area (Å²) in [6, 6.07) is 17.6. The highest BCUT2D eigenvalue weighted by Crippen LogP contribution is 2.27. The Morgan fingerprint density at radius 3 is 2.67 bits per heavy atom. The van der Waals surface area contributed by atoms with Crippen molar-refractivity contribution in [2.75, 3.05) is 24.2 Å². The minimum absolute atomic E-state index is 0.0275. The number of nitrogens with zero attached hydrogens (tertiary/aromatic N) is 3. The van der Waals surface area contributed by atoms with Crippen LogP contribution in [0.25, 0.3) is 10.9 Å². The summed E-state index contributed by atoms with van der Waals surface area (Å²) in [6.07, 6.45) is 1.54. The maximum atomic E-state index is 12.7. The van der Waals surface area contributed by atoms with Crippen LogP contribution in [0.5, 0.6) is 0 Å². The molecule has 1 aliphatic heterocycles. The normalized spacial score (nSPS) is 16.4. The molecule has 30 heavy (non-hydrogen) atoms. The van der Waals surface area contributed by atoms with Crippen molar-refractivity contribution in [3.8, 4) is 0 Å². The van der Waals surface area contributed by atoms with Crippen LogP contribution in [0.15, 0.2) is 59.8 Å². The second-order valence-electron chi connectivity index (χ2n) is 7.23. The number of nitrogens with two attached hydrogens (primary N) is 1. The molecule has 1 aromatic heterocycles. The van der Waals surface area contributed by atoms with E-state index >= 15 is 0 Å². The van der Waals surface area contributed by atoms with Gasteiger partial charge in [0.05, 0.1) is 17.2 Å². The van der Waals surface area contributed by atoms with Crippen molar-refractivity contribution in [3.05, 3.63) is 54.6 Å². The highest BCUT2D eigenvalue weighted by Gasteiger charge is 2.27. The number of nitrogens with one attached hydrogen (secondary N) is 1. The Hall–Kier alpha value is -3.13. The number of piperidine rings is 1. The molecule has 0 saturated carbocycles. The third-order valence-electron chi connectivity index (χ3n) is 5.12. The fourth-order valence-corrected chi connectivity index (χ4v) is 4.28.